The van der Waals surface area contributed by atoms with Crippen molar-refractivity contribution in [1.29, 1.82) is 0 Å². The Morgan fingerprint density at radius 2 is 2.20 bits per heavy atom. The molecule has 0 radical (unpaired) electrons. The summed E-state index contributed by atoms with van der Waals surface area (Å²) in [5.41, 5.74) is 0.0405. The van der Waals surface area contributed by atoms with Gasteiger partial charge in [-0.3, -0.25) is 4.90 Å². The number of carbonyl (C=O) groups is 1. The molecule has 0 saturated carbocycles. The van der Waals surface area contributed by atoms with Crippen molar-refractivity contribution in [3.05, 3.63) is 0 Å². The molecule has 6 heteroatoms. The molecule has 0 aliphatic carbocycles. The summed E-state index contributed by atoms with van der Waals surface area (Å²) < 4.78 is 9.91. The third kappa shape index (κ3) is 3.85. The third-order valence-corrected chi connectivity index (χ3v) is 2.11. The molecule has 1 heterocycles. The van der Waals surface area contributed by atoms with Crippen molar-refractivity contribution in [3.63, 3.8) is 0 Å². The first-order valence-electron chi connectivity index (χ1n) is 4.96. The average molecular weight is 216 g/mol. The molecule has 0 aromatic carbocycles. The van der Waals surface area contributed by atoms with E-state index < -0.39 is 5.97 Å². The summed E-state index contributed by atoms with van der Waals surface area (Å²) in [5.74, 6) is -0.563. The van der Waals surface area contributed by atoms with Crippen LogP contribution in [-0.4, -0.2) is 61.2 Å². The Kier molecular flexibility index (Phi) is 5.06. The lowest BCUT2D eigenvalue weighted by molar-refractivity contribution is -0.135. The number of ether oxygens (including phenoxy) is 2. The van der Waals surface area contributed by atoms with Crippen LogP contribution in [0.15, 0.2) is 5.16 Å². The van der Waals surface area contributed by atoms with E-state index in [2.05, 4.69) is 5.16 Å². The normalized spacial score (nSPS) is 18.9. The summed E-state index contributed by atoms with van der Waals surface area (Å²) in [6.45, 7) is 5.04. The second-order valence-electron chi connectivity index (χ2n) is 3.16. The van der Waals surface area contributed by atoms with Gasteiger partial charge in [0.05, 0.1) is 26.4 Å². The molecule has 15 heavy (non-hydrogen) atoms. The van der Waals surface area contributed by atoms with E-state index in [9.17, 15) is 4.79 Å². The molecule has 0 unspecified atom stereocenters. The maximum absolute atomic E-state index is 11.3. The number of carbonyl (C=O) groups excluding carboxylic acids is 1. The van der Waals surface area contributed by atoms with Crippen LogP contribution < -0.4 is 0 Å². The number of hydrogen-bond acceptors (Lipinski definition) is 6. The maximum Gasteiger partial charge on any atom is 0.357 e. The van der Waals surface area contributed by atoms with Crippen LogP contribution in [-0.2, 0) is 14.3 Å². The van der Waals surface area contributed by atoms with E-state index in [-0.39, 0.29) is 12.3 Å². The first-order valence-corrected chi connectivity index (χ1v) is 4.96. The van der Waals surface area contributed by atoms with Crippen molar-refractivity contribution in [2.24, 2.45) is 5.16 Å². The van der Waals surface area contributed by atoms with Gasteiger partial charge in [-0.2, -0.15) is 0 Å². The second kappa shape index (κ2) is 6.36. The van der Waals surface area contributed by atoms with Crippen LogP contribution >= 0.6 is 0 Å². The van der Waals surface area contributed by atoms with Crippen molar-refractivity contribution >= 4 is 11.7 Å². The van der Waals surface area contributed by atoms with E-state index >= 15 is 0 Å². The molecule has 0 amide bonds. The van der Waals surface area contributed by atoms with Crippen molar-refractivity contribution in [1.82, 2.24) is 4.90 Å². The molecule has 6 nitrogen and oxygen atoms in total. The zero-order valence-electron chi connectivity index (χ0n) is 8.81. The van der Waals surface area contributed by atoms with Gasteiger partial charge in [-0.25, -0.2) is 4.79 Å². The Hall–Kier alpha value is -1.14. The Morgan fingerprint density at radius 1 is 1.53 bits per heavy atom. The van der Waals surface area contributed by atoms with E-state index in [1.165, 1.54) is 0 Å². The summed E-state index contributed by atoms with van der Waals surface area (Å²) in [6, 6.07) is 0. The molecule has 0 bridgehead atoms. The first-order chi connectivity index (χ1) is 7.27. The fourth-order valence-corrected chi connectivity index (χ4v) is 1.32. The molecule has 86 valence electrons. The van der Waals surface area contributed by atoms with Crippen molar-refractivity contribution in [2.45, 2.75) is 6.92 Å². The maximum atomic E-state index is 11.3. The molecule has 1 rings (SSSR count). The van der Waals surface area contributed by atoms with Crippen LogP contribution in [0, 0.1) is 0 Å². The highest BCUT2D eigenvalue weighted by Gasteiger charge is 2.19. The predicted octanol–water partition coefficient (Wildman–Crippen LogP) is -0.288. The fraction of sp³-hybridized carbons (Fsp3) is 0.778. The van der Waals surface area contributed by atoms with Crippen LogP contribution in [0.4, 0.5) is 0 Å². The standard InChI is InChI=1S/C9H16N2O4/c1-2-15-9(12)8(10-13)7-11-3-5-14-6-4-11/h13H,2-7H2,1H3/b10-8-. The Labute approximate surface area is 88.4 Å². The van der Waals surface area contributed by atoms with Crippen molar-refractivity contribution in [2.75, 3.05) is 39.5 Å². The molecule has 1 aliphatic rings. The third-order valence-electron chi connectivity index (χ3n) is 2.11. The average Bonchev–Trinajstić information content (AvgIpc) is 2.27. The van der Waals surface area contributed by atoms with Gasteiger partial charge in [0, 0.05) is 13.1 Å². The molecule has 1 saturated heterocycles. The van der Waals surface area contributed by atoms with Crippen LogP contribution in [0.3, 0.4) is 0 Å². The minimum atomic E-state index is -0.563. The summed E-state index contributed by atoms with van der Waals surface area (Å²) in [4.78, 5) is 13.3. The lowest BCUT2D eigenvalue weighted by Crippen LogP contribution is -2.41. The van der Waals surface area contributed by atoms with Gasteiger partial charge in [-0.15, -0.1) is 0 Å². The monoisotopic (exact) mass is 216 g/mol. The van der Waals surface area contributed by atoms with E-state index in [4.69, 9.17) is 14.7 Å². The van der Waals surface area contributed by atoms with Gasteiger partial charge in [0.1, 0.15) is 0 Å². The molecule has 1 aliphatic heterocycles. The summed E-state index contributed by atoms with van der Waals surface area (Å²) >= 11 is 0. The number of oxime groups is 1. The molecular weight excluding hydrogens is 200 g/mol. The minimum Gasteiger partial charge on any atom is -0.461 e. The SMILES string of the molecule is CCOC(=O)/C(CN1CCOCC1)=N\O. The van der Waals surface area contributed by atoms with Gasteiger partial charge < -0.3 is 14.7 Å². The summed E-state index contributed by atoms with van der Waals surface area (Å²) in [6.07, 6.45) is 0. The molecule has 1 N–H and O–H groups in total. The smallest absolute Gasteiger partial charge is 0.357 e. The zero-order chi connectivity index (χ0) is 11.1. The van der Waals surface area contributed by atoms with Crippen LogP contribution in [0.5, 0.6) is 0 Å². The van der Waals surface area contributed by atoms with E-state index in [1.807, 2.05) is 4.90 Å². The number of rotatable bonds is 4. The molecule has 0 atom stereocenters. The largest absolute Gasteiger partial charge is 0.461 e. The highest BCUT2D eigenvalue weighted by Crippen LogP contribution is 1.98. The minimum absolute atomic E-state index is 0.0405. The highest BCUT2D eigenvalue weighted by atomic mass is 16.5. The topological polar surface area (TPSA) is 71.4 Å². The summed E-state index contributed by atoms with van der Waals surface area (Å²) in [5, 5.41) is 11.6. The first kappa shape index (κ1) is 11.9. The highest BCUT2D eigenvalue weighted by molar-refractivity contribution is 6.37. The number of hydrogen-bond donors (Lipinski definition) is 1. The van der Waals surface area contributed by atoms with Crippen molar-refractivity contribution < 1.29 is 19.5 Å². The molecule has 0 spiro atoms. The van der Waals surface area contributed by atoms with Gasteiger partial charge in [-0.1, -0.05) is 5.16 Å². The van der Waals surface area contributed by atoms with E-state index in [0.717, 1.165) is 13.1 Å². The lowest BCUT2D eigenvalue weighted by Gasteiger charge is -2.25. The molecule has 0 aromatic rings. The fourth-order valence-electron chi connectivity index (χ4n) is 1.32. The van der Waals surface area contributed by atoms with Gasteiger partial charge in [0.15, 0.2) is 5.71 Å². The molecule has 0 aromatic heterocycles. The van der Waals surface area contributed by atoms with Gasteiger partial charge in [0.2, 0.25) is 0 Å². The summed E-state index contributed by atoms with van der Waals surface area (Å²) in [7, 11) is 0. The van der Waals surface area contributed by atoms with Crippen LogP contribution in [0.25, 0.3) is 0 Å². The Bertz CT molecular complexity index is 236. The van der Waals surface area contributed by atoms with E-state index in [1.54, 1.807) is 6.92 Å². The lowest BCUT2D eigenvalue weighted by atomic mass is 10.3. The molecular formula is C9H16N2O4. The zero-order valence-corrected chi connectivity index (χ0v) is 8.81. The Morgan fingerprint density at radius 3 is 2.73 bits per heavy atom. The number of nitrogens with zero attached hydrogens (tertiary/aromatic N) is 2. The van der Waals surface area contributed by atoms with Crippen LogP contribution in [0.2, 0.25) is 0 Å². The van der Waals surface area contributed by atoms with Gasteiger partial charge >= 0.3 is 5.97 Å². The number of morpholine rings is 1. The van der Waals surface area contributed by atoms with E-state index in [0.29, 0.717) is 19.8 Å². The van der Waals surface area contributed by atoms with Crippen LogP contribution in [0.1, 0.15) is 6.92 Å². The molecule has 1 fully saturated rings. The quantitative estimate of drug-likeness (QED) is 0.303. The second-order valence-corrected chi connectivity index (χ2v) is 3.16. The van der Waals surface area contributed by atoms with Gasteiger partial charge in [0.25, 0.3) is 0 Å². The number of esters is 1. The Balaban J connectivity index is 2.42. The van der Waals surface area contributed by atoms with Gasteiger partial charge in [-0.05, 0) is 6.92 Å². The van der Waals surface area contributed by atoms with Crippen molar-refractivity contribution in [3.8, 4) is 0 Å². The predicted molar refractivity (Wildman–Crippen MR) is 53.1 cm³/mol.